The average Bonchev–Trinajstić information content (AvgIpc) is 1.89. The molecule has 0 aliphatic rings. The van der Waals surface area contributed by atoms with Crippen LogP contribution in [0, 0.1) is 0 Å². The standard InChI is InChI=1S/C5H5ClN2O/c6-4-3-7-2-1-5(4)8-9/h1-3,9H,(H,7,8). The minimum absolute atomic E-state index is 0.403. The molecule has 1 aromatic heterocycles. The number of pyridine rings is 1. The summed E-state index contributed by atoms with van der Waals surface area (Å²) in [5.41, 5.74) is 2.39. The first-order valence-electron chi connectivity index (χ1n) is 2.34. The molecule has 0 aliphatic heterocycles. The van der Waals surface area contributed by atoms with Gasteiger partial charge in [-0.2, -0.15) is 0 Å². The highest BCUT2D eigenvalue weighted by Crippen LogP contribution is 2.17. The fraction of sp³-hybridized carbons (Fsp3) is 0. The Labute approximate surface area is 57.3 Å². The molecule has 0 atom stereocenters. The molecule has 0 unspecified atom stereocenters. The van der Waals surface area contributed by atoms with E-state index < -0.39 is 0 Å². The van der Waals surface area contributed by atoms with Gasteiger partial charge in [-0.1, -0.05) is 11.6 Å². The first-order valence-corrected chi connectivity index (χ1v) is 2.72. The molecular weight excluding hydrogens is 140 g/mol. The van der Waals surface area contributed by atoms with Crippen LogP contribution in [0.15, 0.2) is 18.5 Å². The van der Waals surface area contributed by atoms with Gasteiger partial charge >= 0.3 is 0 Å². The molecule has 0 amide bonds. The van der Waals surface area contributed by atoms with Gasteiger partial charge < -0.3 is 0 Å². The van der Waals surface area contributed by atoms with Crippen LogP contribution in [0.4, 0.5) is 5.69 Å². The topological polar surface area (TPSA) is 45.1 Å². The summed E-state index contributed by atoms with van der Waals surface area (Å²) in [6.45, 7) is 0. The number of halogens is 1. The molecule has 3 nitrogen and oxygen atoms in total. The average molecular weight is 145 g/mol. The van der Waals surface area contributed by atoms with E-state index in [1.165, 1.54) is 12.4 Å². The van der Waals surface area contributed by atoms with Gasteiger partial charge in [0, 0.05) is 12.4 Å². The maximum Gasteiger partial charge on any atom is 0.0843 e. The monoisotopic (exact) mass is 144 g/mol. The maximum absolute atomic E-state index is 8.36. The normalized spacial score (nSPS) is 9.11. The van der Waals surface area contributed by atoms with Crippen LogP contribution in [0.3, 0.4) is 0 Å². The zero-order valence-electron chi connectivity index (χ0n) is 4.50. The molecule has 9 heavy (non-hydrogen) atoms. The van der Waals surface area contributed by atoms with Crippen LogP contribution in [0.25, 0.3) is 0 Å². The molecule has 0 bridgehead atoms. The fourth-order valence-corrected chi connectivity index (χ4v) is 0.627. The van der Waals surface area contributed by atoms with Crippen molar-refractivity contribution in [3.63, 3.8) is 0 Å². The van der Waals surface area contributed by atoms with Crippen molar-refractivity contribution in [2.45, 2.75) is 0 Å². The molecule has 2 N–H and O–H groups in total. The Kier molecular flexibility index (Phi) is 1.87. The zero-order chi connectivity index (χ0) is 6.69. The van der Waals surface area contributed by atoms with Gasteiger partial charge in [-0.3, -0.25) is 15.7 Å². The number of rotatable bonds is 1. The molecule has 1 aromatic rings. The Morgan fingerprint density at radius 2 is 2.44 bits per heavy atom. The van der Waals surface area contributed by atoms with Crippen LogP contribution in [0.1, 0.15) is 0 Å². The third-order valence-corrected chi connectivity index (χ3v) is 1.19. The highest BCUT2D eigenvalue weighted by Gasteiger charge is 1.93. The molecule has 0 fully saturated rings. The van der Waals surface area contributed by atoms with E-state index in [1.807, 2.05) is 5.48 Å². The molecule has 0 aromatic carbocycles. The van der Waals surface area contributed by atoms with Gasteiger partial charge in [0.25, 0.3) is 0 Å². The van der Waals surface area contributed by atoms with Gasteiger partial charge in [0.2, 0.25) is 0 Å². The Hall–Kier alpha value is -0.800. The largest absolute Gasteiger partial charge is 0.291 e. The highest BCUT2D eigenvalue weighted by molar-refractivity contribution is 6.32. The van der Waals surface area contributed by atoms with Crippen molar-refractivity contribution in [1.29, 1.82) is 0 Å². The maximum atomic E-state index is 8.36. The Morgan fingerprint density at radius 1 is 1.67 bits per heavy atom. The summed E-state index contributed by atoms with van der Waals surface area (Å²) >= 11 is 5.54. The third-order valence-electron chi connectivity index (χ3n) is 0.893. The van der Waals surface area contributed by atoms with E-state index in [0.717, 1.165) is 0 Å². The molecule has 1 heterocycles. The molecule has 0 saturated heterocycles. The lowest BCUT2D eigenvalue weighted by atomic mass is 10.4. The lowest BCUT2D eigenvalue weighted by Gasteiger charge is -1.97. The van der Waals surface area contributed by atoms with Crippen molar-refractivity contribution < 1.29 is 5.21 Å². The minimum atomic E-state index is 0.403. The summed E-state index contributed by atoms with van der Waals surface area (Å²) in [5.74, 6) is 0. The third kappa shape index (κ3) is 1.31. The van der Waals surface area contributed by atoms with E-state index in [0.29, 0.717) is 10.7 Å². The van der Waals surface area contributed by atoms with E-state index in [4.69, 9.17) is 16.8 Å². The van der Waals surface area contributed by atoms with Crippen LogP contribution < -0.4 is 5.48 Å². The van der Waals surface area contributed by atoms with Crippen LogP contribution in [0.5, 0.6) is 0 Å². The Balaban J connectivity index is 3.01. The van der Waals surface area contributed by atoms with Crippen LogP contribution >= 0.6 is 11.6 Å². The predicted octanol–water partition coefficient (Wildman–Crippen LogP) is 1.54. The summed E-state index contributed by atoms with van der Waals surface area (Å²) in [6, 6.07) is 1.57. The molecule has 0 spiro atoms. The molecule has 48 valence electrons. The number of hydrogen-bond acceptors (Lipinski definition) is 3. The first kappa shape index (κ1) is 6.32. The predicted molar refractivity (Wildman–Crippen MR) is 34.7 cm³/mol. The second-order valence-electron chi connectivity index (χ2n) is 1.47. The fourth-order valence-electron chi connectivity index (χ4n) is 0.466. The molecule has 0 saturated carbocycles. The second-order valence-corrected chi connectivity index (χ2v) is 1.87. The quantitative estimate of drug-likeness (QED) is 0.588. The second kappa shape index (κ2) is 2.66. The van der Waals surface area contributed by atoms with E-state index in [-0.39, 0.29) is 0 Å². The lowest BCUT2D eigenvalue weighted by Crippen LogP contribution is -1.89. The summed E-state index contributed by atoms with van der Waals surface area (Å²) in [5, 5.41) is 8.76. The van der Waals surface area contributed by atoms with Crippen molar-refractivity contribution in [3.8, 4) is 0 Å². The minimum Gasteiger partial charge on any atom is -0.291 e. The van der Waals surface area contributed by atoms with Gasteiger partial charge in [-0.25, -0.2) is 0 Å². The number of aromatic nitrogens is 1. The van der Waals surface area contributed by atoms with Crippen molar-refractivity contribution in [3.05, 3.63) is 23.5 Å². The molecule has 0 aliphatic carbocycles. The Morgan fingerprint density at radius 3 is 2.89 bits per heavy atom. The van der Waals surface area contributed by atoms with Crippen molar-refractivity contribution in [1.82, 2.24) is 4.98 Å². The van der Waals surface area contributed by atoms with Gasteiger partial charge in [0.1, 0.15) is 0 Å². The molecular formula is C5H5ClN2O. The summed E-state index contributed by atoms with van der Waals surface area (Å²) < 4.78 is 0. The van der Waals surface area contributed by atoms with Crippen molar-refractivity contribution >= 4 is 17.3 Å². The van der Waals surface area contributed by atoms with Gasteiger partial charge in [-0.15, -0.1) is 0 Å². The van der Waals surface area contributed by atoms with E-state index in [9.17, 15) is 0 Å². The van der Waals surface area contributed by atoms with Crippen LogP contribution in [-0.2, 0) is 0 Å². The molecule has 4 heteroatoms. The first-order chi connectivity index (χ1) is 4.34. The van der Waals surface area contributed by atoms with Gasteiger partial charge in [-0.05, 0) is 6.07 Å². The van der Waals surface area contributed by atoms with Crippen LogP contribution in [-0.4, -0.2) is 10.2 Å². The molecule has 1 rings (SSSR count). The van der Waals surface area contributed by atoms with Crippen LogP contribution in [0.2, 0.25) is 5.02 Å². The van der Waals surface area contributed by atoms with E-state index in [1.54, 1.807) is 6.07 Å². The van der Waals surface area contributed by atoms with Gasteiger partial charge in [0.15, 0.2) is 0 Å². The molecule has 0 radical (unpaired) electrons. The van der Waals surface area contributed by atoms with Crippen molar-refractivity contribution in [2.75, 3.05) is 5.48 Å². The SMILES string of the molecule is ONc1ccncc1Cl. The lowest BCUT2D eigenvalue weighted by molar-refractivity contribution is 0.389. The van der Waals surface area contributed by atoms with E-state index in [2.05, 4.69) is 4.98 Å². The van der Waals surface area contributed by atoms with Crippen molar-refractivity contribution in [2.24, 2.45) is 0 Å². The summed E-state index contributed by atoms with van der Waals surface area (Å²) in [6.07, 6.45) is 2.98. The highest BCUT2D eigenvalue weighted by atomic mass is 35.5. The zero-order valence-corrected chi connectivity index (χ0v) is 5.26. The summed E-state index contributed by atoms with van der Waals surface area (Å²) in [4.78, 5) is 3.71. The van der Waals surface area contributed by atoms with Gasteiger partial charge in [0.05, 0.1) is 10.7 Å². The smallest absolute Gasteiger partial charge is 0.0843 e. The van der Waals surface area contributed by atoms with E-state index >= 15 is 0 Å². The number of nitrogens with one attached hydrogen (secondary N) is 1. The number of nitrogens with zero attached hydrogens (tertiary/aromatic N) is 1. The summed E-state index contributed by atoms with van der Waals surface area (Å²) in [7, 11) is 0. The number of hydrogen-bond donors (Lipinski definition) is 2. The number of anilines is 1. The Bertz CT molecular complexity index is 204.